The third kappa shape index (κ3) is 4.20. The van der Waals surface area contributed by atoms with Crippen molar-refractivity contribution in [3.63, 3.8) is 0 Å². The average molecular weight is 407 g/mol. The molecule has 1 saturated heterocycles. The summed E-state index contributed by atoms with van der Waals surface area (Å²) in [5, 5.41) is 11.6. The number of piperidine rings is 1. The molecule has 0 spiro atoms. The molecule has 9 heteroatoms. The van der Waals surface area contributed by atoms with E-state index >= 15 is 0 Å². The summed E-state index contributed by atoms with van der Waals surface area (Å²) < 4.78 is 32.9. The van der Waals surface area contributed by atoms with Crippen LogP contribution in [0.4, 0.5) is 11.4 Å². The van der Waals surface area contributed by atoms with Gasteiger partial charge in [-0.05, 0) is 42.5 Å². The van der Waals surface area contributed by atoms with E-state index in [9.17, 15) is 18.5 Å². The fraction of sp³-hybridized carbons (Fsp3) is 0.474. The van der Waals surface area contributed by atoms with Crippen LogP contribution in [0.15, 0.2) is 45.9 Å². The summed E-state index contributed by atoms with van der Waals surface area (Å²) in [4.78, 5) is 12.7. The number of rotatable bonds is 6. The third-order valence-electron chi connectivity index (χ3n) is 5.00. The zero-order valence-electron chi connectivity index (χ0n) is 16.2. The predicted octanol–water partition coefficient (Wildman–Crippen LogP) is 3.49. The van der Waals surface area contributed by atoms with Crippen molar-refractivity contribution in [2.75, 3.05) is 25.0 Å². The van der Waals surface area contributed by atoms with E-state index in [0.29, 0.717) is 31.1 Å². The number of nitro benzene ring substituents is 1. The van der Waals surface area contributed by atoms with Crippen molar-refractivity contribution in [1.29, 1.82) is 0 Å². The summed E-state index contributed by atoms with van der Waals surface area (Å²) in [6, 6.07) is 7.62. The number of nitrogens with zero attached hydrogens (tertiary/aromatic N) is 3. The van der Waals surface area contributed by atoms with Gasteiger partial charge in [-0.2, -0.15) is 4.31 Å². The first kappa shape index (κ1) is 20.3. The van der Waals surface area contributed by atoms with Gasteiger partial charge in [-0.3, -0.25) is 10.1 Å². The minimum Gasteiger partial charge on any atom is -0.467 e. The largest absolute Gasteiger partial charge is 0.467 e. The molecule has 8 nitrogen and oxygen atoms in total. The highest BCUT2D eigenvalue weighted by Gasteiger charge is 2.33. The molecule has 1 fully saturated rings. The molecule has 0 N–H and O–H groups in total. The molecule has 0 aliphatic carbocycles. The van der Waals surface area contributed by atoms with Crippen LogP contribution < -0.4 is 4.90 Å². The van der Waals surface area contributed by atoms with Gasteiger partial charge in [0.1, 0.15) is 11.4 Å². The van der Waals surface area contributed by atoms with Gasteiger partial charge in [0, 0.05) is 26.2 Å². The van der Waals surface area contributed by atoms with E-state index < -0.39 is 14.9 Å². The molecular formula is C19H25N3O5S. The van der Waals surface area contributed by atoms with E-state index in [2.05, 4.69) is 0 Å². The third-order valence-corrected chi connectivity index (χ3v) is 6.83. The van der Waals surface area contributed by atoms with Crippen molar-refractivity contribution in [3.05, 3.63) is 52.5 Å². The van der Waals surface area contributed by atoms with Crippen LogP contribution in [0.3, 0.4) is 0 Å². The normalized spacial score (nSPS) is 20.8. The summed E-state index contributed by atoms with van der Waals surface area (Å²) in [5.74, 6) is 1.17. The smallest absolute Gasteiger partial charge is 0.293 e. The molecule has 2 aromatic rings. The van der Waals surface area contributed by atoms with Crippen molar-refractivity contribution in [2.45, 2.75) is 31.7 Å². The number of benzene rings is 1. The molecular weight excluding hydrogens is 382 g/mol. The maximum absolute atomic E-state index is 13.1. The van der Waals surface area contributed by atoms with Crippen molar-refractivity contribution in [2.24, 2.45) is 11.8 Å². The van der Waals surface area contributed by atoms with Gasteiger partial charge in [0.15, 0.2) is 0 Å². The Morgan fingerprint density at radius 3 is 2.50 bits per heavy atom. The predicted molar refractivity (Wildman–Crippen MR) is 106 cm³/mol. The lowest BCUT2D eigenvalue weighted by Crippen LogP contribution is -2.42. The van der Waals surface area contributed by atoms with Crippen LogP contribution in [-0.4, -0.2) is 37.8 Å². The van der Waals surface area contributed by atoms with Crippen LogP contribution in [0.5, 0.6) is 0 Å². The zero-order valence-corrected chi connectivity index (χ0v) is 17.1. The van der Waals surface area contributed by atoms with Crippen LogP contribution in [0.2, 0.25) is 0 Å². The van der Waals surface area contributed by atoms with Gasteiger partial charge in [0.05, 0.1) is 22.6 Å². The lowest BCUT2D eigenvalue weighted by Gasteiger charge is -2.34. The van der Waals surface area contributed by atoms with E-state index in [4.69, 9.17) is 4.42 Å². The van der Waals surface area contributed by atoms with Crippen LogP contribution in [0.25, 0.3) is 0 Å². The van der Waals surface area contributed by atoms with Crippen molar-refractivity contribution in [3.8, 4) is 0 Å². The Morgan fingerprint density at radius 1 is 1.25 bits per heavy atom. The lowest BCUT2D eigenvalue weighted by molar-refractivity contribution is -0.384. The molecule has 0 unspecified atom stereocenters. The SMILES string of the molecule is C[C@@H]1C[C@@H](C)CN(S(=O)(=O)c2ccc(N(C)Cc3ccco3)c([N+](=O)[O-])c2)C1. The molecule has 0 saturated carbocycles. The Bertz CT molecular complexity index is 932. The first-order chi connectivity index (χ1) is 13.2. The van der Waals surface area contributed by atoms with Crippen LogP contribution in [-0.2, 0) is 16.6 Å². The molecule has 1 aromatic heterocycles. The van der Waals surface area contributed by atoms with Gasteiger partial charge in [-0.1, -0.05) is 13.8 Å². The molecule has 0 bridgehead atoms. The fourth-order valence-electron chi connectivity index (χ4n) is 3.81. The highest BCUT2D eigenvalue weighted by Crippen LogP contribution is 2.33. The quantitative estimate of drug-likeness (QED) is 0.537. The first-order valence-electron chi connectivity index (χ1n) is 9.20. The van der Waals surface area contributed by atoms with Crippen molar-refractivity contribution >= 4 is 21.4 Å². The molecule has 152 valence electrons. The molecule has 28 heavy (non-hydrogen) atoms. The molecule has 0 radical (unpaired) electrons. The summed E-state index contributed by atoms with van der Waals surface area (Å²) in [6.45, 7) is 5.24. The standard InChI is InChI=1S/C19H25N3O5S/c1-14-9-15(2)12-21(11-14)28(25,26)17-6-7-18(19(10-17)22(23)24)20(3)13-16-5-4-8-27-16/h4-8,10,14-15H,9,11-13H2,1-3H3/t14-,15-/m1/s1. The van der Waals surface area contributed by atoms with Crippen LogP contribution in [0.1, 0.15) is 26.0 Å². The maximum atomic E-state index is 13.1. The summed E-state index contributed by atoms with van der Waals surface area (Å²) >= 11 is 0. The summed E-state index contributed by atoms with van der Waals surface area (Å²) in [5.41, 5.74) is 0.0916. The molecule has 1 aliphatic rings. The van der Waals surface area contributed by atoms with Gasteiger partial charge in [0.2, 0.25) is 10.0 Å². The van der Waals surface area contributed by atoms with E-state index in [1.54, 1.807) is 24.1 Å². The molecule has 1 aromatic carbocycles. The summed E-state index contributed by atoms with van der Waals surface area (Å²) in [7, 11) is -2.08. The molecule has 1 aliphatic heterocycles. The molecule has 3 rings (SSSR count). The molecule has 2 heterocycles. The van der Waals surface area contributed by atoms with E-state index in [0.717, 1.165) is 12.5 Å². The highest BCUT2D eigenvalue weighted by atomic mass is 32.2. The number of hydrogen-bond acceptors (Lipinski definition) is 6. The van der Waals surface area contributed by atoms with Gasteiger partial charge in [-0.25, -0.2) is 8.42 Å². The Kier molecular flexibility index (Phi) is 5.76. The second-order valence-corrected chi connectivity index (χ2v) is 9.55. The summed E-state index contributed by atoms with van der Waals surface area (Å²) in [6.07, 6.45) is 2.51. The maximum Gasteiger partial charge on any atom is 0.293 e. The van der Waals surface area contributed by atoms with Gasteiger partial charge in [-0.15, -0.1) is 0 Å². The highest BCUT2D eigenvalue weighted by molar-refractivity contribution is 7.89. The molecule has 2 atom stereocenters. The zero-order chi connectivity index (χ0) is 20.5. The molecule has 0 amide bonds. The monoisotopic (exact) mass is 407 g/mol. The Labute approximate surface area is 164 Å². The topological polar surface area (TPSA) is 96.9 Å². The van der Waals surface area contributed by atoms with E-state index in [1.165, 1.54) is 22.7 Å². The van der Waals surface area contributed by atoms with E-state index in [-0.39, 0.29) is 22.4 Å². The number of nitro groups is 1. The number of furan rings is 1. The second-order valence-electron chi connectivity index (χ2n) is 7.61. The second kappa shape index (κ2) is 7.92. The van der Waals surface area contributed by atoms with Crippen LogP contribution in [0, 0.1) is 22.0 Å². The number of hydrogen-bond donors (Lipinski definition) is 0. The van der Waals surface area contributed by atoms with E-state index in [1.807, 2.05) is 13.8 Å². The minimum absolute atomic E-state index is 0.0457. The number of sulfonamides is 1. The fourth-order valence-corrected chi connectivity index (χ4v) is 5.51. The van der Waals surface area contributed by atoms with Gasteiger partial charge in [0.25, 0.3) is 5.69 Å². The Morgan fingerprint density at radius 2 is 1.93 bits per heavy atom. The Balaban J connectivity index is 1.93. The van der Waals surface area contributed by atoms with Crippen molar-refractivity contribution < 1.29 is 17.8 Å². The van der Waals surface area contributed by atoms with Crippen molar-refractivity contribution in [1.82, 2.24) is 4.31 Å². The van der Waals surface area contributed by atoms with Gasteiger partial charge < -0.3 is 9.32 Å². The first-order valence-corrected chi connectivity index (χ1v) is 10.6. The average Bonchev–Trinajstić information content (AvgIpc) is 3.13. The van der Waals surface area contributed by atoms with Gasteiger partial charge >= 0.3 is 0 Å². The Hall–Kier alpha value is -2.39. The van der Waals surface area contributed by atoms with Crippen LogP contribution >= 0.6 is 0 Å². The lowest BCUT2D eigenvalue weighted by atomic mass is 9.94. The minimum atomic E-state index is -3.78. The number of anilines is 1.